The molecule has 1 aromatic rings. The maximum absolute atomic E-state index is 13.4. The van der Waals surface area contributed by atoms with Crippen LogP contribution in [0, 0.1) is 10.8 Å². The Balaban J connectivity index is 1.38. The van der Waals surface area contributed by atoms with Crippen molar-refractivity contribution in [1.29, 1.82) is 0 Å². The van der Waals surface area contributed by atoms with Crippen LogP contribution in [0.3, 0.4) is 0 Å². The second kappa shape index (κ2) is 6.22. The first-order valence-electron chi connectivity index (χ1n) is 10.8. The molecule has 7 nitrogen and oxygen atoms in total. The summed E-state index contributed by atoms with van der Waals surface area (Å²) < 4.78 is 5.67. The fourth-order valence-electron chi connectivity index (χ4n) is 6.49. The molecule has 3 atom stereocenters. The number of amides is 4. The van der Waals surface area contributed by atoms with Gasteiger partial charge in [-0.25, -0.2) is 4.79 Å². The summed E-state index contributed by atoms with van der Waals surface area (Å²) in [6, 6.07) is 6.97. The first-order valence-corrected chi connectivity index (χ1v) is 10.8. The van der Waals surface area contributed by atoms with E-state index in [1.807, 2.05) is 23.1 Å². The lowest BCUT2D eigenvalue weighted by Gasteiger charge is -2.39. The van der Waals surface area contributed by atoms with Crippen LogP contribution in [0.1, 0.15) is 52.0 Å². The molecule has 5 rings (SSSR count). The maximum atomic E-state index is 13.4. The largest absolute Gasteiger partial charge is 0.493 e. The van der Waals surface area contributed by atoms with E-state index in [9.17, 15) is 14.4 Å². The van der Waals surface area contributed by atoms with Gasteiger partial charge in [-0.3, -0.25) is 14.5 Å². The Hall–Kier alpha value is -2.57. The van der Waals surface area contributed by atoms with Gasteiger partial charge in [-0.15, -0.1) is 0 Å². The second-order valence-corrected chi connectivity index (χ2v) is 10.6. The van der Waals surface area contributed by atoms with Gasteiger partial charge in [0.2, 0.25) is 5.91 Å². The molecule has 1 aliphatic carbocycles. The predicted molar refractivity (Wildman–Crippen MR) is 110 cm³/mol. The molecule has 160 valence electrons. The minimum absolute atomic E-state index is 0.111. The first kappa shape index (κ1) is 19.4. The molecule has 0 aromatic heterocycles. The molecule has 30 heavy (non-hydrogen) atoms. The van der Waals surface area contributed by atoms with E-state index in [2.05, 4.69) is 26.1 Å². The molecule has 3 fully saturated rings. The van der Waals surface area contributed by atoms with E-state index in [1.165, 1.54) is 0 Å². The number of nitrogens with zero attached hydrogens (tertiary/aromatic N) is 2. The number of urea groups is 1. The van der Waals surface area contributed by atoms with Crippen molar-refractivity contribution in [2.24, 2.45) is 10.8 Å². The minimum Gasteiger partial charge on any atom is -0.493 e. The molecule has 1 spiro atoms. The highest BCUT2D eigenvalue weighted by atomic mass is 16.5. The number of likely N-dealkylation sites (tertiary alicyclic amines) is 1. The molecule has 0 unspecified atom stereocenters. The standard InChI is InChI=1S/C23H29N3O4/c1-21(2)10-15-11-22(3,13-21)14-26(15)18(27)12-25-19(28)23(24-20(25)29)8-9-30-17-7-5-4-6-16(17)23/h4-7,15H,8-14H2,1-3H3,(H,24,29)/t15-,22+,23+/m0/s1. The van der Waals surface area contributed by atoms with Crippen LogP contribution in [0.25, 0.3) is 0 Å². The Bertz CT molecular complexity index is 944. The lowest BCUT2D eigenvalue weighted by molar-refractivity contribution is -0.140. The summed E-state index contributed by atoms with van der Waals surface area (Å²) in [7, 11) is 0. The SMILES string of the molecule is CC1(C)C[C@H]2C[C@@](C)(CN2C(=O)CN2C(=O)N[C@@]3(CCOc4ccccc43)C2=O)C1. The van der Waals surface area contributed by atoms with Gasteiger partial charge in [0.05, 0.1) is 6.61 Å². The van der Waals surface area contributed by atoms with Crippen LogP contribution in [-0.4, -0.2) is 53.4 Å². The van der Waals surface area contributed by atoms with Crippen LogP contribution in [0.4, 0.5) is 4.79 Å². The summed E-state index contributed by atoms with van der Waals surface area (Å²) in [4.78, 5) is 42.5. The quantitative estimate of drug-likeness (QED) is 0.759. The highest BCUT2D eigenvalue weighted by Gasteiger charge is 2.56. The number of carbonyl (C=O) groups is 3. The predicted octanol–water partition coefficient (Wildman–Crippen LogP) is 2.64. The van der Waals surface area contributed by atoms with Gasteiger partial charge in [0, 0.05) is 24.6 Å². The van der Waals surface area contributed by atoms with E-state index in [0.717, 1.165) is 24.2 Å². The van der Waals surface area contributed by atoms with Gasteiger partial charge in [0.1, 0.15) is 12.3 Å². The number of carbonyl (C=O) groups excluding carboxylic acids is 3. The van der Waals surface area contributed by atoms with E-state index < -0.39 is 11.6 Å². The maximum Gasteiger partial charge on any atom is 0.325 e. The Labute approximate surface area is 176 Å². The molecule has 0 radical (unpaired) electrons. The van der Waals surface area contributed by atoms with Crippen molar-refractivity contribution in [2.75, 3.05) is 19.7 Å². The van der Waals surface area contributed by atoms with Crippen molar-refractivity contribution in [1.82, 2.24) is 15.1 Å². The zero-order valence-corrected chi connectivity index (χ0v) is 17.9. The summed E-state index contributed by atoms with van der Waals surface area (Å²) in [5, 5.41) is 2.87. The number of hydrogen-bond donors (Lipinski definition) is 1. The third-order valence-electron chi connectivity index (χ3n) is 7.29. The number of imide groups is 1. The van der Waals surface area contributed by atoms with Crippen molar-refractivity contribution < 1.29 is 19.1 Å². The van der Waals surface area contributed by atoms with Crippen LogP contribution in [-0.2, 0) is 15.1 Å². The summed E-state index contributed by atoms with van der Waals surface area (Å²) in [6.45, 7) is 7.60. The van der Waals surface area contributed by atoms with Gasteiger partial charge in [-0.1, -0.05) is 39.0 Å². The minimum atomic E-state index is -1.14. The third-order valence-corrected chi connectivity index (χ3v) is 7.29. The summed E-state index contributed by atoms with van der Waals surface area (Å²) >= 11 is 0. The monoisotopic (exact) mass is 411 g/mol. The van der Waals surface area contributed by atoms with Crippen LogP contribution in [0.15, 0.2) is 24.3 Å². The average Bonchev–Trinajstić information content (AvgIpc) is 3.06. The average molecular weight is 412 g/mol. The number of nitrogens with one attached hydrogen (secondary N) is 1. The molecule has 4 aliphatic rings. The van der Waals surface area contributed by atoms with Gasteiger partial charge >= 0.3 is 6.03 Å². The van der Waals surface area contributed by atoms with Gasteiger partial charge in [-0.05, 0) is 36.2 Å². The zero-order valence-electron chi connectivity index (χ0n) is 17.9. The number of rotatable bonds is 2. The lowest BCUT2D eigenvalue weighted by Crippen LogP contribution is -2.48. The fourth-order valence-corrected chi connectivity index (χ4v) is 6.49. The normalized spacial score (nSPS) is 34.0. The number of para-hydroxylation sites is 1. The molecule has 7 heteroatoms. The molecule has 3 aliphatic heterocycles. The van der Waals surface area contributed by atoms with E-state index in [1.54, 1.807) is 6.07 Å². The number of fused-ring (bicyclic) bond motifs is 4. The highest BCUT2D eigenvalue weighted by Crippen LogP contribution is 2.52. The number of ether oxygens (including phenoxy) is 1. The van der Waals surface area contributed by atoms with Crippen molar-refractivity contribution in [3.63, 3.8) is 0 Å². The Morgan fingerprint density at radius 2 is 1.97 bits per heavy atom. The topological polar surface area (TPSA) is 79.0 Å². The first-order chi connectivity index (χ1) is 14.1. The van der Waals surface area contributed by atoms with Gasteiger partial charge in [0.15, 0.2) is 5.54 Å². The Morgan fingerprint density at radius 3 is 2.77 bits per heavy atom. The molecular formula is C23H29N3O4. The van der Waals surface area contributed by atoms with E-state index >= 15 is 0 Å². The molecular weight excluding hydrogens is 382 g/mol. The lowest BCUT2D eigenvalue weighted by atomic mass is 9.65. The molecule has 4 amide bonds. The van der Waals surface area contributed by atoms with Crippen molar-refractivity contribution in [3.05, 3.63) is 29.8 Å². The smallest absolute Gasteiger partial charge is 0.325 e. The van der Waals surface area contributed by atoms with Crippen molar-refractivity contribution in [2.45, 2.75) is 58.0 Å². The molecule has 2 saturated heterocycles. The molecule has 1 saturated carbocycles. The molecule has 1 aromatic carbocycles. The van der Waals surface area contributed by atoms with Crippen LogP contribution in [0.5, 0.6) is 5.75 Å². The van der Waals surface area contributed by atoms with Crippen LogP contribution < -0.4 is 10.1 Å². The summed E-state index contributed by atoms with van der Waals surface area (Å²) in [5.74, 6) is 0.113. The summed E-state index contributed by atoms with van der Waals surface area (Å²) in [6.07, 6.45) is 3.40. The van der Waals surface area contributed by atoms with E-state index in [-0.39, 0.29) is 35.2 Å². The molecule has 1 N–H and O–H groups in total. The Kier molecular flexibility index (Phi) is 4.02. The van der Waals surface area contributed by atoms with Crippen molar-refractivity contribution in [3.8, 4) is 5.75 Å². The van der Waals surface area contributed by atoms with Crippen LogP contribution >= 0.6 is 0 Å². The van der Waals surface area contributed by atoms with E-state index in [4.69, 9.17) is 4.74 Å². The highest BCUT2D eigenvalue weighted by molar-refractivity contribution is 6.09. The van der Waals surface area contributed by atoms with Gasteiger partial charge < -0.3 is 15.0 Å². The Morgan fingerprint density at radius 1 is 1.20 bits per heavy atom. The van der Waals surface area contributed by atoms with Gasteiger partial charge in [-0.2, -0.15) is 0 Å². The summed E-state index contributed by atoms with van der Waals surface area (Å²) in [5.41, 5.74) is -0.166. The fraction of sp³-hybridized carbons (Fsp3) is 0.609. The van der Waals surface area contributed by atoms with Crippen LogP contribution in [0.2, 0.25) is 0 Å². The van der Waals surface area contributed by atoms with Crippen molar-refractivity contribution >= 4 is 17.8 Å². The number of benzene rings is 1. The molecule has 2 bridgehead atoms. The second-order valence-electron chi connectivity index (χ2n) is 10.6. The molecule has 3 heterocycles. The zero-order chi connectivity index (χ0) is 21.3. The number of hydrogen-bond acceptors (Lipinski definition) is 4. The van der Waals surface area contributed by atoms with E-state index in [0.29, 0.717) is 30.9 Å². The third kappa shape index (κ3) is 2.81. The van der Waals surface area contributed by atoms with Gasteiger partial charge in [0.25, 0.3) is 5.91 Å².